The normalized spacial score (nSPS) is 11.1. The number of amides is 1. The van der Waals surface area contributed by atoms with Gasteiger partial charge < -0.3 is 14.5 Å². The molecule has 4 rings (SSSR count). The fourth-order valence-corrected chi connectivity index (χ4v) is 3.40. The van der Waals surface area contributed by atoms with Gasteiger partial charge in [0.2, 0.25) is 29.1 Å². The van der Waals surface area contributed by atoms with E-state index in [-0.39, 0.29) is 17.3 Å². The molecule has 0 saturated heterocycles. The minimum atomic E-state index is -2.30. The van der Waals surface area contributed by atoms with E-state index in [0.29, 0.717) is 23.6 Å². The number of nitrogens with zero attached hydrogens (tertiary/aromatic N) is 2. The summed E-state index contributed by atoms with van der Waals surface area (Å²) in [5, 5.41) is 7.04. The first kappa shape index (κ1) is 24.9. The summed E-state index contributed by atoms with van der Waals surface area (Å²) < 4.78 is 92.0. The van der Waals surface area contributed by atoms with Gasteiger partial charge >= 0.3 is 0 Å². The summed E-state index contributed by atoms with van der Waals surface area (Å²) in [5.41, 5.74) is 2.33. The summed E-state index contributed by atoms with van der Waals surface area (Å²) in [6.45, 7) is 3.03. The minimum Gasteiger partial charge on any atom is -0.479 e. The number of halogens is 6. The number of rotatable bonds is 7. The SMILES string of the molecule is Cc1nn(Cc2ccc(F)cc2)c(C)c1NC(=O)c1ccc(COc2c(F)c(F)c(F)c(F)c2F)o1. The second-order valence-electron chi connectivity index (χ2n) is 7.74. The number of anilines is 1. The molecule has 0 aliphatic rings. The smallest absolute Gasteiger partial charge is 0.291 e. The van der Waals surface area contributed by atoms with Gasteiger partial charge in [-0.1, -0.05) is 12.1 Å². The number of aryl methyl sites for hydroxylation is 1. The lowest BCUT2D eigenvalue weighted by Gasteiger charge is -2.09. The highest BCUT2D eigenvalue weighted by Gasteiger charge is 2.27. The van der Waals surface area contributed by atoms with E-state index in [1.165, 1.54) is 24.3 Å². The first-order chi connectivity index (χ1) is 17.1. The molecule has 1 amide bonds. The molecule has 2 aromatic heterocycles. The zero-order valence-electron chi connectivity index (χ0n) is 18.8. The lowest BCUT2D eigenvalue weighted by atomic mass is 10.2. The Labute approximate surface area is 200 Å². The van der Waals surface area contributed by atoms with Crippen molar-refractivity contribution in [3.8, 4) is 5.75 Å². The summed E-state index contributed by atoms with van der Waals surface area (Å²) >= 11 is 0. The number of aromatic nitrogens is 2. The maximum Gasteiger partial charge on any atom is 0.291 e. The van der Waals surface area contributed by atoms with Gasteiger partial charge in [-0.15, -0.1) is 0 Å². The molecule has 0 unspecified atom stereocenters. The molecule has 0 spiro atoms. The predicted octanol–water partition coefficient (Wildman–Crippen LogP) is 5.81. The van der Waals surface area contributed by atoms with Crippen LogP contribution in [0.15, 0.2) is 40.8 Å². The predicted molar refractivity (Wildman–Crippen MR) is 114 cm³/mol. The van der Waals surface area contributed by atoms with E-state index in [0.717, 1.165) is 5.56 Å². The van der Waals surface area contributed by atoms with E-state index >= 15 is 0 Å². The summed E-state index contributed by atoms with van der Waals surface area (Å²) in [6, 6.07) is 8.38. The van der Waals surface area contributed by atoms with E-state index in [1.54, 1.807) is 30.7 Å². The van der Waals surface area contributed by atoms with Crippen LogP contribution in [0.3, 0.4) is 0 Å². The van der Waals surface area contributed by atoms with Crippen LogP contribution in [0.5, 0.6) is 5.75 Å². The fourth-order valence-electron chi connectivity index (χ4n) is 3.40. The average molecular weight is 509 g/mol. The topological polar surface area (TPSA) is 69.3 Å². The number of carbonyl (C=O) groups is 1. The minimum absolute atomic E-state index is 0.107. The van der Waals surface area contributed by atoms with E-state index in [1.807, 2.05) is 0 Å². The largest absolute Gasteiger partial charge is 0.479 e. The van der Waals surface area contributed by atoms with E-state index in [9.17, 15) is 31.1 Å². The van der Waals surface area contributed by atoms with Crippen LogP contribution in [0, 0.1) is 48.8 Å². The number of hydrogen-bond donors (Lipinski definition) is 1. The maximum atomic E-state index is 13.7. The number of ether oxygens (including phenoxy) is 1. The van der Waals surface area contributed by atoms with Crippen molar-refractivity contribution in [2.24, 2.45) is 0 Å². The third-order valence-electron chi connectivity index (χ3n) is 5.28. The van der Waals surface area contributed by atoms with Gasteiger partial charge in [-0.3, -0.25) is 9.48 Å². The molecule has 12 heteroatoms. The quantitative estimate of drug-likeness (QED) is 0.194. The lowest BCUT2D eigenvalue weighted by molar-refractivity contribution is 0.0992. The second kappa shape index (κ2) is 9.80. The number of hydrogen-bond acceptors (Lipinski definition) is 4. The molecule has 36 heavy (non-hydrogen) atoms. The van der Waals surface area contributed by atoms with Crippen molar-refractivity contribution in [1.82, 2.24) is 9.78 Å². The lowest BCUT2D eigenvalue weighted by Crippen LogP contribution is -2.12. The third-order valence-corrected chi connectivity index (χ3v) is 5.28. The first-order valence-electron chi connectivity index (χ1n) is 10.4. The molecular weight excluding hydrogens is 492 g/mol. The summed E-state index contributed by atoms with van der Waals surface area (Å²) in [7, 11) is 0. The second-order valence-corrected chi connectivity index (χ2v) is 7.74. The molecule has 0 atom stereocenters. The van der Waals surface area contributed by atoms with Crippen molar-refractivity contribution < 1.29 is 40.3 Å². The van der Waals surface area contributed by atoms with Crippen molar-refractivity contribution in [3.05, 3.63) is 99.8 Å². The standard InChI is InChI=1S/C24H17F6N3O3/c1-11-22(12(2)33(32-11)9-13-3-5-14(25)6-4-13)31-24(34)16-8-7-15(36-16)10-35-23-20(29)18(27)17(26)19(28)21(23)30/h3-8H,9-10H2,1-2H3,(H,31,34). The van der Waals surface area contributed by atoms with Gasteiger partial charge in [-0.2, -0.15) is 13.9 Å². The van der Waals surface area contributed by atoms with Crippen molar-refractivity contribution in [2.45, 2.75) is 27.0 Å². The van der Waals surface area contributed by atoms with Crippen LogP contribution in [0.1, 0.15) is 33.3 Å². The zero-order valence-corrected chi connectivity index (χ0v) is 18.8. The molecule has 0 fully saturated rings. The molecule has 0 aliphatic heterocycles. The fraction of sp³-hybridized carbons (Fsp3) is 0.167. The van der Waals surface area contributed by atoms with E-state index in [2.05, 4.69) is 10.4 Å². The van der Waals surface area contributed by atoms with Gasteiger partial charge in [0, 0.05) is 0 Å². The number of furan rings is 1. The van der Waals surface area contributed by atoms with Crippen LogP contribution in [0.25, 0.3) is 0 Å². The summed E-state index contributed by atoms with van der Waals surface area (Å²) in [5.74, 6) is -13.7. The van der Waals surface area contributed by atoms with Crippen molar-refractivity contribution in [3.63, 3.8) is 0 Å². The van der Waals surface area contributed by atoms with E-state index < -0.39 is 47.3 Å². The molecule has 0 radical (unpaired) electrons. The first-order valence-corrected chi connectivity index (χ1v) is 10.4. The van der Waals surface area contributed by atoms with Crippen LogP contribution in [0.4, 0.5) is 32.0 Å². The van der Waals surface area contributed by atoms with Gasteiger partial charge in [0.25, 0.3) is 5.91 Å². The highest BCUT2D eigenvalue weighted by Crippen LogP contribution is 2.30. The van der Waals surface area contributed by atoms with Crippen molar-refractivity contribution in [2.75, 3.05) is 5.32 Å². The van der Waals surface area contributed by atoms with Gasteiger partial charge in [0.15, 0.2) is 11.5 Å². The Kier molecular flexibility index (Phi) is 6.77. The zero-order chi connectivity index (χ0) is 26.1. The molecule has 2 aromatic carbocycles. The monoisotopic (exact) mass is 509 g/mol. The Morgan fingerprint density at radius 2 is 1.53 bits per heavy atom. The highest BCUT2D eigenvalue weighted by molar-refractivity contribution is 6.02. The van der Waals surface area contributed by atoms with Crippen molar-refractivity contribution >= 4 is 11.6 Å². The molecule has 4 aromatic rings. The molecule has 1 N–H and O–H groups in total. The molecule has 6 nitrogen and oxygen atoms in total. The number of carbonyl (C=O) groups excluding carboxylic acids is 1. The Hall–Kier alpha value is -4.22. The van der Waals surface area contributed by atoms with Crippen LogP contribution in [-0.4, -0.2) is 15.7 Å². The van der Waals surface area contributed by atoms with Gasteiger partial charge in [0.1, 0.15) is 18.2 Å². The van der Waals surface area contributed by atoms with Gasteiger partial charge in [-0.25, -0.2) is 17.6 Å². The van der Waals surface area contributed by atoms with Crippen LogP contribution in [0.2, 0.25) is 0 Å². The van der Waals surface area contributed by atoms with Crippen LogP contribution >= 0.6 is 0 Å². The van der Waals surface area contributed by atoms with Gasteiger partial charge in [-0.05, 0) is 43.7 Å². The average Bonchev–Trinajstić information content (AvgIpc) is 3.43. The summed E-state index contributed by atoms with van der Waals surface area (Å²) in [4.78, 5) is 12.7. The van der Waals surface area contributed by atoms with Crippen molar-refractivity contribution in [1.29, 1.82) is 0 Å². The molecule has 0 aliphatic carbocycles. The van der Waals surface area contributed by atoms with Crippen LogP contribution < -0.4 is 10.1 Å². The number of nitrogens with one attached hydrogen (secondary N) is 1. The molecule has 0 bridgehead atoms. The molecule has 188 valence electrons. The maximum absolute atomic E-state index is 13.7. The Bertz CT molecular complexity index is 1420. The third kappa shape index (κ3) is 4.79. The molecular formula is C24H17F6N3O3. The Morgan fingerprint density at radius 3 is 2.17 bits per heavy atom. The molecule has 2 heterocycles. The van der Waals surface area contributed by atoms with Gasteiger partial charge in [0.05, 0.1) is 23.6 Å². The van der Waals surface area contributed by atoms with Crippen LogP contribution in [-0.2, 0) is 13.2 Å². The van der Waals surface area contributed by atoms with E-state index in [4.69, 9.17) is 9.15 Å². The highest BCUT2D eigenvalue weighted by atomic mass is 19.2. The number of benzene rings is 2. The summed E-state index contributed by atoms with van der Waals surface area (Å²) in [6.07, 6.45) is 0. The Balaban J connectivity index is 1.45. The molecule has 0 saturated carbocycles. The Morgan fingerprint density at radius 1 is 0.917 bits per heavy atom.